The van der Waals surface area contributed by atoms with Gasteiger partial charge in [-0.15, -0.1) is 17.0 Å². The lowest BCUT2D eigenvalue weighted by molar-refractivity contribution is 2.15. The highest BCUT2D eigenvalue weighted by Gasteiger charge is 1.73. The van der Waals surface area contributed by atoms with Gasteiger partial charge in [-0.3, -0.25) is 0 Å². The summed E-state index contributed by atoms with van der Waals surface area (Å²) in [6.45, 7) is 0. The van der Waals surface area contributed by atoms with Crippen molar-refractivity contribution in [2.45, 2.75) is 0 Å². The SMILES string of the molecule is Br.C1=C[SiH2]C=C1. The molecule has 6 heavy (non-hydrogen) atoms. The third-order valence-electron chi connectivity index (χ3n) is 0.655. The van der Waals surface area contributed by atoms with E-state index in [-0.39, 0.29) is 26.5 Å². The van der Waals surface area contributed by atoms with Crippen molar-refractivity contribution in [3.05, 3.63) is 23.6 Å². The molecular weight excluding hydrogens is 156 g/mol. The van der Waals surface area contributed by atoms with Crippen molar-refractivity contribution in [1.82, 2.24) is 0 Å². The maximum Gasteiger partial charge on any atom is 0.0691 e. The van der Waals surface area contributed by atoms with Crippen LogP contribution in [0, 0.1) is 0 Å². The van der Waals surface area contributed by atoms with Crippen LogP contribution in [0.4, 0.5) is 0 Å². The van der Waals surface area contributed by atoms with E-state index in [1.165, 1.54) is 0 Å². The molecule has 0 saturated carbocycles. The van der Waals surface area contributed by atoms with Crippen LogP contribution in [0.5, 0.6) is 0 Å². The third-order valence-corrected chi connectivity index (χ3v) is 1.74. The van der Waals surface area contributed by atoms with E-state index in [1.54, 1.807) is 0 Å². The predicted octanol–water partition coefficient (Wildman–Crippen LogP) is 0.774. The summed E-state index contributed by atoms with van der Waals surface area (Å²) in [4.78, 5) is 0. The molecule has 1 aliphatic heterocycles. The number of halogens is 1. The Bertz CT molecular complexity index is 65.6. The van der Waals surface area contributed by atoms with E-state index < -0.39 is 0 Å². The first-order chi connectivity index (χ1) is 2.50. The third kappa shape index (κ3) is 1.57. The van der Waals surface area contributed by atoms with Crippen LogP contribution in [-0.2, 0) is 0 Å². The maximum absolute atomic E-state index is 2.26. The summed E-state index contributed by atoms with van der Waals surface area (Å²) in [6, 6.07) is 0. The Kier molecular flexibility index (Phi) is 3.47. The normalized spacial score (nSPS) is 14.7. The Morgan fingerprint density at radius 2 is 1.50 bits per heavy atom. The van der Waals surface area contributed by atoms with Gasteiger partial charge in [0.1, 0.15) is 0 Å². The zero-order valence-electron chi connectivity index (χ0n) is 3.42. The van der Waals surface area contributed by atoms with Gasteiger partial charge in [-0.1, -0.05) is 23.6 Å². The van der Waals surface area contributed by atoms with Crippen LogP contribution < -0.4 is 0 Å². The topological polar surface area (TPSA) is 0 Å². The minimum Gasteiger partial charge on any atom is -0.114 e. The summed E-state index contributed by atoms with van der Waals surface area (Å²) in [5.74, 6) is 0. The first-order valence-electron chi connectivity index (χ1n) is 1.82. The van der Waals surface area contributed by atoms with Crippen molar-refractivity contribution < 1.29 is 0 Å². The lowest BCUT2D eigenvalue weighted by Crippen LogP contribution is -1.63. The molecular formula is C4H7BrSi. The van der Waals surface area contributed by atoms with Crippen LogP contribution in [-0.4, -0.2) is 9.52 Å². The Balaban J connectivity index is 0.000000250. The fourth-order valence-electron chi connectivity index (χ4n) is 0.393. The van der Waals surface area contributed by atoms with Crippen molar-refractivity contribution in [3.63, 3.8) is 0 Å². The molecule has 0 amide bonds. The van der Waals surface area contributed by atoms with Gasteiger partial charge >= 0.3 is 0 Å². The zero-order valence-corrected chi connectivity index (χ0v) is 6.55. The Labute approximate surface area is 50.5 Å². The molecule has 0 radical (unpaired) electrons. The molecule has 1 aliphatic rings. The number of allylic oxidation sites excluding steroid dienone is 2. The molecule has 0 saturated heterocycles. The molecule has 2 heteroatoms. The quantitative estimate of drug-likeness (QED) is 0.463. The van der Waals surface area contributed by atoms with Gasteiger partial charge in [0, 0.05) is 0 Å². The van der Waals surface area contributed by atoms with Crippen LogP contribution in [0.2, 0.25) is 0 Å². The summed E-state index contributed by atoms with van der Waals surface area (Å²) in [5.41, 5.74) is 4.53. The summed E-state index contributed by atoms with van der Waals surface area (Å²) < 4.78 is 0. The fourth-order valence-corrected chi connectivity index (χ4v) is 1.18. The molecule has 0 N–H and O–H groups in total. The Morgan fingerprint density at radius 3 is 1.67 bits per heavy atom. The summed E-state index contributed by atoms with van der Waals surface area (Å²) in [7, 11) is 0.182. The van der Waals surface area contributed by atoms with Gasteiger partial charge in [-0.05, 0) is 0 Å². The lowest BCUT2D eigenvalue weighted by Gasteiger charge is -1.54. The summed E-state index contributed by atoms with van der Waals surface area (Å²) in [6.07, 6.45) is 4.23. The largest absolute Gasteiger partial charge is 0.114 e. The molecule has 0 bridgehead atoms. The highest BCUT2D eigenvalue weighted by molar-refractivity contribution is 8.93. The van der Waals surface area contributed by atoms with Gasteiger partial charge < -0.3 is 0 Å². The minimum atomic E-state index is 0. The summed E-state index contributed by atoms with van der Waals surface area (Å²) in [5, 5.41) is 0. The molecule has 34 valence electrons. The first kappa shape index (κ1) is 6.18. The van der Waals surface area contributed by atoms with Crippen molar-refractivity contribution in [1.29, 1.82) is 0 Å². The van der Waals surface area contributed by atoms with Crippen LogP contribution in [0.15, 0.2) is 23.6 Å². The number of hydrogen-bond acceptors (Lipinski definition) is 0. The molecule has 0 nitrogen and oxygen atoms in total. The van der Waals surface area contributed by atoms with E-state index in [0.717, 1.165) is 0 Å². The van der Waals surface area contributed by atoms with Gasteiger partial charge in [-0.2, -0.15) is 0 Å². The second-order valence-electron chi connectivity index (χ2n) is 1.09. The van der Waals surface area contributed by atoms with Crippen LogP contribution in [0.25, 0.3) is 0 Å². The number of hydrogen-bond donors (Lipinski definition) is 0. The molecule has 0 unspecified atom stereocenters. The van der Waals surface area contributed by atoms with Gasteiger partial charge in [0.05, 0.1) is 9.52 Å². The van der Waals surface area contributed by atoms with E-state index in [9.17, 15) is 0 Å². The zero-order chi connectivity index (χ0) is 3.54. The van der Waals surface area contributed by atoms with E-state index in [1.807, 2.05) is 0 Å². The Hall–Kier alpha value is 0.177. The molecule has 0 fully saturated rings. The second kappa shape index (κ2) is 3.37. The monoisotopic (exact) mass is 162 g/mol. The maximum atomic E-state index is 2.26. The fraction of sp³-hybridized carbons (Fsp3) is 0. The highest BCUT2D eigenvalue weighted by atomic mass is 79.9. The first-order valence-corrected chi connectivity index (χ1v) is 3.45. The molecule has 1 rings (SSSR count). The average molecular weight is 163 g/mol. The van der Waals surface area contributed by atoms with E-state index in [2.05, 4.69) is 23.6 Å². The van der Waals surface area contributed by atoms with E-state index in [4.69, 9.17) is 0 Å². The minimum absolute atomic E-state index is 0. The number of rotatable bonds is 0. The van der Waals surface area contributed by atoms with Crippen molar-refractivity contribution in [2.75, 3.05) is 0 Å². The van der Waals surface area contributed by atoms with Crippen molar-refractivity contribution in [3.8, 4) is 0 Å². The Morgan fingerprint density at radius 1 is 1.00 bits per heavy atom. The molecule has 0 aromatic rings. The second-order valence-corrected chi connectivity index (χ2v) is 2.51. The molecule has 0 spiro atoms. The predicted molar refractivity (Wildman–Crippen MR) is 37.1 cm³/mol. The van der Waals surface area contributed by atoms with Gasteiger partial charge in [0.25, 0.3) is 0 Å². The van der Waals surface area contributed by atoms with Crippen LogP contribution in [0.3, 0.4) is 0 Å². The lowest BCUT2D eigenvalue weighted by atomic mass is 10.6. The van der Waals surface area contributed by atoms with Gasteiger partial charge in [-0.25, -0.2) is 0 Å². The van der Waals surface area contributed by atoms with Crippen LogP contribution >= 0.6 is 17.0 Å². The molecule has 1 heterocycles. The van der Waals surface area contributed by atoms with Crippen molar-refractivity contribution in [2.24, 2.45) is 0 Å². The average Bonchev–Trinajstić information content (AvgIpc) is 1.76. The smallest absolute Gasteiger partial charge is 0.0691 e. The van der Waals surface area contributed by atoms with Gasteiger partial charge in [0.15, 0.2) is 0 Å². The molecule has 0 atom stereocenters. The van der Waals surface area contributed by atoms with Crippen LogP contribution in [0.1, 0.15) is 0 Å². The molecule has 0 aliphatic carbocycles. The van der Waals surface area contributed by atoms with E-state index >= 15 is 0 Å². The molecule has 0 aromatic heterocycles. The van der Waals surface area contributed by atoms with Gasteiger partial charge in [0.2, 0.25) is 0 Å². The van der Waals surface area contributed by atoms with E-state index in [0.29, 0.717) is 0 Å². The standard InChI is InChI=1S/C4H6Si.BrH/c1-2-4-5-3-1;/h1-4H,5H2;1H. The van der Waals surface area contributed by atoms with Crippen molar-refractivity contribution >= 4 is 26.5 Å². The summed E-state index contributed by atoms with van der Waals surface area (Å²) >= 11 is 0. The highest BCUT2D eigenvalue weighted by Crippen LogP contribution is 1.82. The molecule has 0 aromatic carbocycles.